The van der Waals surface area contributed by atoms with Crippen molar-refractivity contribution in [2.45, 2.75) is 31.7 Å². The van der Waals surface area contributed by atoms with Gasteiger partial charge in [-0.2, -0.15) is 0 Å². The number of rotatable bonds is 5. The average Bonchev–Trinajstić information content (AvgIpc) is 2.87. The molecule has 0 aromatic heterocycles. The molecule has 1 N–H and O–H groups in total. The third kappa shape index (κ3) is 3.67. The van der Waals surface area contributed by atoms with E-state index in [-0.39, 0.29) is 12.5 Å². The van der Waals surface area contributed by atoms with E-state index in [2.05, 4.69) is 4.90 Å². The molecule has 0 spiro atoms. The number of likely N-dealkylation sites (tertiary alicyclic amines) is 1. The van der Waals surface area contributed by atoms with E-state index in [0.717, 1.165) is 39.0 Å². The molecular weight excluding hydrogens is 232 g/mol. The van der Waals surface area contributed by atoms with Crippen molar-refractivity contribution in [2.24, 2.45) is 0 Å². The topological polar surface area (TPSA) is 53.0 Å². The fraction of sp³-hybridized carbons (Fsp3) is 0.923. The minimum Gasteiger partial charge on any atom is -0.395 e. The Morgan fingerprint density at radius 3 is 2.78 bits per heavy atom. The number of amides is 1. The van der Waals surface area contributed by atoms with Crippen molar-refractivity contribution in [1.82, 2.24) is 9.80 Å². The summed E-state index contributed by atoms with van der Waals surface area (Å²) in [7, 11) is 0. The minimum atomic E-state index is 0.247. The van der Waals surface area contributed by atoms with E-state index in [9.17, 15) is 9.90 Å². The molecule has 2 aliphatic heterocycles. The van der Waals surface area contributed by atoms with Gasteiger partial charge in [-0.1, -0.05) is 0 Å². The molecule has 1 unspecified atom stereocenters. The van der Waals surface area contributed by atoms with Crippen molar-refractivity contribution in [3.63, 3.8) is 0 Å². The molecule has 2 fully saturated rings. The molecule has 5 heteroatoms. The number of nitrogens with zero attached hydrogens (tertiary/aromatic N) is 2. The lowest BCUT2D eigenvalue weighted by atomic mass is 10.2. The molecule has 2 heterocycles. The van der Waals surface area contributed by atoms with Gasteiger partial charge in [0.05, 0.1) is 19.8 Å². The molecule has 1 atom stereocenters. The van der Waals surface area contributed by atoms with Crippen molar-refractivity contribution in [3.05, 3.63) is 0 Å². The lowest BCUT2D eigenvalue weighted by molar-refractivity contribution is -0.135. The van der Waals surface area contributed by atoms with Gasteiger partial charge in [0.15, 0.2) is 0 Å². The summed E-state index contributed by atoms with van der Waals surface area (Å²) < 4.78 is 5.23. The van der Waals surface area contributed by atoms with Crippen LogP contribution >= 0.6 is 0 Å². The van der Waals surface area contributed by atoms with Gasteiger partial charge in [-0.3, -0.25) is 9.69 Å². The lowest BCUT2D eigenvalue weighted by Crippen LogP contribution is -2.41. The van der Waals surface area contributed by atoms with Crippen LogP contribution in [0.25, 0.3) is 0 Å². The van der Waals surface area contributed by atoms with Crippen LogP contribution in [0.5, 0.6) is 0 Å². The maximum atomic E-state index is 11.9. The Kier molecular flexibility index (Phi) is 5.41. The van der Waals surface area contributed by atoms with Gasteiger partial charge in [0.2, 0.25) is 5.91 Å². The van der Waals surface area contributed by atoms with Crippen molar-refractivity contribution in [2.75, 3.05) is 46.0 Å². The first-order valence-corrected chi connectivity index (χ1v) is 7.01. The predicted molar refractivity (Wildman–Crippen MR) is 68.3 cm³/mol. The van der Waals surface area contributed by atoms with Gasteiger partial charge < -0.3 is 14.7 Å². The highest BCUT2D eigenvalue weighted by atomic mass is 16.5. The maximum Gasteiger partial charge on any atom is 0.222 e. The van der Waals surface area contributed by atoms with E-state index >= 15 is 0 Å². The molecule has 0 radical (unpaired) electrons. The maximum absolute atomic E-state index is 11.9. The van der Waals surface area contributed by atoms with Crippen LogP contribution in [-0.4, -0.2) is 72.9 Å². The summed E-state index contributed by atoms with van der Waals surface area (Å²) in [6.07, 6.45) is 3.78. The molecule has 0 bridgehead atoms. The van der Waals surface area contributed by atoms with Crippen LogP contribution in [0.2, 0.25) is 0 Å². The fourth-order valence-electron chi connectivity index (χ4n) is 2.80. The number of aliphatic hydroxyl groups excluding tert-OH is 1. The Morgan fingerprint density at radius 1 is 1.28 bits per heavy atom. The summed E-state index contributed by atoms with van der Waals surface area (Å²) in [6.45, 7) is 5.06. The van der Waals surface area contributed by atoms with Crippen molar-refractivity contribution < 1.29 is 14.6 Å². The number of carbonyl (C=O) groups is 1. The smallest absolute Gasteiger partial charge is 0.222 e. The van der Waals surface area contributed by atoms with Crippen LogP contribution < -0.4 is 0 Å². The van der Waals surface area contributed by atoms with Crippen LogP contribution in [0.1, 0.15) is 25.7 Å². The van der Waals surface area contributed by atoms with Gasteiger partial charge in [0, 0.05) is 25.6 Å². The summed E-state index contributed by atoms with van der Waals surface area (Å²) in [5.74, 6) is 0.248. The van der Waals surface area contributed by atoms with Gasteiger partial charge in [-0.05, 0) is 32.4 Å². The molecule has 5 nitrogen and oxygen atoms in total. The Morgan fingerprint density at radius 2 is 2.06 bits per heavy atom. The second-order valence-electron chi connectivity index (χ2n) is 5.11. The zero-order chi connectivity index (χ0) is 12.8. The third-order valence-electron chi connectivity index (χ3n) is 3.91. The molecule has 2 rings (SSSR count). The van der Waals surface area contributed by atoms with Crippen LogP contribution in [0.4, 0.5) is 0 Å². The highest BCUT2D eigenvalue weighted by Gasteiger charge is 2.23. The number of hydrogen-bond donors (Lipinski definition) is 1. The summed E-state index contributed by atoms with van der Waals surface area (Å²) in [6, 6.07) is 0.323. The molecule has 0 aromatic carbocycles. The zero-order valence-electron chi connectivity index (χ0n) is 11.0. The van der Waals surface area contributed by atoms with Gasteiger partial charge in [-0.25, -0.2) is 0 Å². The molecule has 1 amide bonds. The van der Waals surface area contributed by atoms with E-state index in [1.54, 1.807) is 0 Å². The van der Waals surface area contributed by atoms with E-state index in [1.807, 2.05) is 4.90 Å². The number of morpholine rings is 1. The molecule has 0 saturated carbocycles. The lowest BCUT2D eigenvalue weighted by Gasteiger charge is -2.27. The summed E-state index contributed by atoms with van der Waals surface area (Å²) in [5, 5.41) is 9.22. The molecule has 2 saturated heterocycles. The van der Waals surface area contributed by atoms with Crippen LogP contribution in [0.3, 0.4) is 0 Å². The van der Waals surface area contributed by atoms with E-state index in [4.69, 9.17) is 4.74 Å². The third-order valence-corrected chi connectivity index (χ3v) is 3.91. The van der Waals surface area contributed by atoms with E-state index in [0.29, 0.717) is 25.7 Å². The monoisotopic (exact) mass is 256 g/mol. The highest BCUT2D eigenvalue weighted by Crippen LogP contribution is 2.17. The van der Waals surface area contributed by atoms with Gasteiger partial charge in [-0.15, -0.1) is 0 Å². The number of carbonyl (C=O) groups excluding carboxylic acids is 1. The van der Waals surface area contributed by atoms with E-state index < -0.39 is 0 Å². The Bertz CT molecular complexity index is 267. The second-order valence-corrected chi connectivity index (χ2v) is 5.11. The number of ether oxygens (including phenoxy) is 1. The predicted octanol–water partition coefficient (Wildman–Crippen LogP) is 0.0821. The van der Waals surface area contributed by atoms with Crippen molar-refractivity contribution in [3.8, 4) is 0 Å². The summed E-state index contributed by atoms with van der Waals surface area (Å²) in [4.78, 5) is 16.1. The molecule has 104 valence electrons. The summed E-state index contributed by atoms with van der Waals surface area (Å²) in [5.41, 5.74) is 0. The second kappa shape index (κ2) is 7.07. The summed E-state index contributed by atoms with van der Waals surface area (Å²) >= 11 is 0. The average molecular weight is 256 g/mol. The Balaban J connectivity index is 1.63. The van der Waals surface area contributed by atoms with Gasteiger partial charge >= 0.3 is 0 Å². The minimum absolute atomic E-state index is 0.247. The molecule has 18 heavy (non-hydrogen) atoms. The molecule has 0 aromatic rings. The van der Waals surface area contributed by atoms with Gasteiger partial charge in [0.25, 0.3) is 0 Å². The number of hydrogen-bond acceptors (Lipinski definition) is 4. The SMILES string of the molecule is O=C(CCCN1CCCC1CO)N1CCOCC1. The van der Waals surface area contributed by atoms with Crippen LogP contribution in [0.15, 0.2) is 0 Å². The van der Waals surface area contributed by atoms with E-state index in [1.165, 1.54) is 6.42 Å². The first-order chi connectivity index (χ1) is 8.81. The van der Waals surface area contributed by atoms with Crippen molar-refractivity contribution >= 4 is 5.91 Å². The first-order valence-electron chi connectivity index (χ1n) is 7.01. The first kappa shape index (κ1) is 13.8. The van der Waals surface area contributed by atoms with Crippen LogP contribution in [-0.2, 0) is 9.53 Å². The Labute approximate surface area is 109 Å². The van der Waals surface area contributed by atoms with Crippen LogP contribution in [0, 0.1) is 0 Å². The van der Waals surface area contributed by atoms with Gasteiger partial charge in [0.1, 0.15) is 0 Å². The Hall–Kier alpha value is -0.650. The fourth-order valence-corrected chi connectivity index (χ4v) is 2.80. The normalized spacial score (nSPS) is 25.6. The standard InChI is InChI=1S/C13H24N2O3/c16-11-12-3-1-5-14(12)6-2-4-13(17)15-7-9-18-10-8-15/h12,16H,1-11H2. The van der Waals surface area contributed by atoms with Crippen molar-refractivity contribution in [1.29, 1.82) is 0 Å². The quantitative estimate of drug-likeness (QED) is 0.757. The number of aliphatic hydroxyl groups is 1. The largest absolute Gasteiger partial charge is 0.395 e. The molecular formula is C13H24N2O3. The highest BCUT2D eigenvalue weighted by molar-refractivity contribution is 5.76. The molecule has 2 aliphatic rings. The molecule has 0 aliphatic carbocycles. The zero-order valence-corrected chi connectivity index (χ0v) is 11.0.